The maximum absolute atomic E-state index is 11.3. The minimum Gasteiger partial charge on any atom is -0.299 e. The van der Waals surface area contributed by atoms with Crippen LogP contribution in [-0.2, 0) is 4.79 Å². The zero-order valence-electron chi connectivity index (χ0n) is 5.79. The summed E-state index contributed by atoms with van der Waals surface area (Å²) in [6.45, 7) is 0. The van der Waals surface area contributed by atoms with Crippen molar-refractivity contribution in [3.05, 3.63) is 0 Å². The number of Topliss-reactive ketones (excluding diaryl/α,β-unsaturated/α-hetero) is 1. The van der Waals surface area contributed by atoms with Gasteiger partial charge in [0.1, 0.15) is 5.78 Å². The quantitative estimate of drug-likeness (QED) is 0.484. The van der Waals surface area contributed by atoms with Crippen molar-refractivity contribution in [3.63, 3.8) is 0 Å². The van der Waals surface area contributed by atoms with Crippen LogP contribution in [-0.4, -0.2) is 5.78 Å². The molecular formula is C9H10O. The molecule has 4 aliphatic carbocycles. The molecule has 0 N–H and O–H groups in total. The summed E-state index contributed by atoms with van der Waals surface area (Å²) in [5, 5.41) is 0. The van der Waals surface area contributed by atoms with E-state index >= 15 is 0 Å². The Morgan fingerprint density at radius 3 is 2.90 bits per heavy atom. The van der Waals surface area contributed by atoms with Crippen LogP contribution in [0.2, 0.25) is 0 Å². The summed E-state index contributed by atoms with van der Waals surface area (Å²) in [4.78, 5) is 11.3. The molecule has 6 unspecified atom stereocenters. The molecule has 0 radical (unpaired) electrons. The van der Waals surface area contributed by atoms with Gasteiger partial charge < -0.3 is 0 Å². The lowest BCUT2D eigenvalue weighted by Crippen LogP contribution is -2.56. The lowest BCUT2D eigenvalue weighted by molar-refractivity contribution is -0.155. The number of carbonyl (C=O) groups excluding carboxylic acids is 1. The molecule has 0 bridgehead atoms. The van der Waals surface area contributed by atoms with Crippen molar-refractivity contribution in [3.8, 4) is 0 Å². The van der Waals surface area contributed by atoms with Gasteiger partial charge in [-0.05, 0) is 36.5 Å². The first kappa shape index (κ1) is 4.53. The predicted molar refractivity (Wildman–Crippen MR) is 35.2 cm³/mol. The molecule has 0 spiro atoms. The summed E-state index contributed by atoms with van der Waals surface area (Å²) in [5.41, 5.74) is 0. The molecule has 0 aromatic carbocycles. The molecule has 4 fully saturated rings. The number of hydrogen-bond donors (Lipinski definition) is 0. The zero-order valence-corrected chi connectivity index (χ0v) is 5.79. The Morgan fingerprint density at radius 2 is 2.00 bits per heavy atom. The fraction of sp³-hybridized carbons (Fsp3) is 0.889. The number of rotatable bonds is 0. The molecule has 0 aromatic heterocycles. The molecule has 0 aliphatic heterocycles. The fourth-order valence-corrected chi connectivity index (χ4v) is 4.13. The summed E-state index contributed by atoms with van der Waals surface area (Å²) in [7, 11) is 0. The topological polar surface area (TPSA) is 17.1 Å². The third-order valence-electron chi connectivity index (χ3n) is 4.54. The Hall–Kier alpha value is -0.330. The fourth-order valence-electron chi connectivity index (χ4n) is 4.13. The first-order valence-corrected chi connectivity index (χ1v) is 4.43. The van der Waals surface area contributed by atoms with Gasteiger partial charge in [-0.3, -0.25) is 4.79 Å². The van der Waals surface area contributed by atoms with Gasteiger partial charge in [0.05, 0.1) is 0 Å². The number of carbonyl (C=O) groups is 1. The van der Waals surface area contributed by atoms with Crippen molar-refractivity contribution in [2.45, 2.75) is 12.8 Å². The molecule has 4 aliphatic rings. The van der Waals surface area contributed by atoms with E-state index in [1.165, 1.54) is 12.8 Å². The average molecular weight is 134 g/mol. The van der Waals surface area contributed by atoms with Crippen molar-refractivity contribution in [1.82, 2.24) is 0 Å². The van der Waals surface area contributed by atoms with E-state index in [-0.39, 0.29) is 0 Å². The summed E-state index contributed by atoms with van der Waals surface area (Å²) < 4.78 is 0. The Kier molecular flexibility index (Phi) is 0.449. The van der Waals surface area contributed by atoms with Crippen molar-refractivity contribution >= 4 is 5.78 Å². The Bertz CT molecular complexity index is 233. The molecule has 4 saturated carbocycles. The van der Waals surface area contributed by atoms with E-state index in [1.807, 2.05) is 0 Å². The van der Waals surface area contributed by atoms with Crippen LogP contribution in [0, 0.1) is 35.5 Å². The monoisotopic (exact) mass is 134 g/mol. The second-order valence-corrected chi connectivity index (χ2v) is 4.51. The SMILES string of the molecule is O=C1C2CCC3C4C1C2C34. The van der Waals surface area contributed by atoms with Crippen molar-refractivity contribution in [2.75, 3.05) is 0 Å². The standard InChI is InChI=1S/C9H10O/c10-9-4-2-1-3-5-6(3)8(9)7(4)5/h3-8H,1-2H2. The van der Waals surface area contributed by atoms with E-state index in [0.29, 0.717) is 17.6 Å². The predicted octanol–water partition coefficient (Wildman–Crippen LogP) is 1.09. The van der Waals surface area contributed by atoms with Gasteiger partial charge in [0.15, 0.2) is 0 Å². The van der Waals surface area contributed by atoms with Gasteiger partial charge >= 0.3 is 0 Å². The average Bonchev–Trinajstić information content (AvgIpc) is 2.55. The van der Waals surface area contributed by atoms with E-state index < -0.39 is 0 Å². The van der Waals surface area contributed by atoms with E-state index in [1.54, 1.807) is 0 Å². The Morgan fingerprint density at radius 1 is 1.10 bits per heavy atom. The molecule has 1 nitrogen and oxygen atoms in total. The summed E-state index contributed by atoms with van der Waals surface area (Å²) in [6, 6.07) is 0. The lowest BCUT2D eigenvalue weighted by Gasteiger charge is -2.51. The molecule has 1 heteroatoms. The molecule has 0 amide bonds. The van der Waals surface area contributed by atoms with Crippen LogP contribution in [0.1, 0.15) is 12.8 Å². The van der Waals surface area contributed by atoms with Gasteiger partial charge in [-0.1, -0.05) is 0 Å². The molecule has 52 valence electrons. The van der Waals surface area contributed by atoms with Crippen LogP contribution in [0.25, 0.3) is 0 Å². The minimum absolute atomic E-state index is 0.560. The Labute approximate surface area is 59.8 Å². The van der Waals surface area contributed by atoms with Crippen LogP contribution in [0.15, 0.2) is 0 Å². The van der Waals surface area contributed by atoms with Crippen LogP contribution in [0.3, 0.4) is 0 Å². The first-order valence-electron chi connectivity index (χ1n) is 4.43. The smallest absolute Gasteiger partial charge is 0.139 e. The molecule has 0 aromatic rings. The van der Waals surface area contributed by atoms with E-state index in [9.17, 15) is 4.79 Å². The zero-order chi connectivity index (χ0) is 6.46. The van der Waals surface area contributed by atoms with Crippen LogP contribution in [0.4, 0.5) is 0 Å². The first-order chi connectivity index (χ1) is 4.89. The normalized spacial score (nSPS) is 73.4. The minimum atomic E-state index is 0.560. The van der Waals surface area contributed by atoms with E-state index in [0.717, 1.165) is 23.7 Å². The summed E-state index contributed by atoms with van der Waals surface area (Å²) >= 11 is 0. The molecular weight excluding hydrogens is 124 g/mol. The number of fused-ring (bicyclic) bond motifs is 2. The highest BCUT2D eigenvalue weighted by atomic mass is 16.1. The van der Waals surface area contributed by atoms with Crippen LogP contribution >= 0.6 is 0 Å². The second-order valence-electron chi connectivity index (χ2n) is 4.51. The molecule has 4 rings (SSSR count). The van der Waals surface area contributed by atoms with Crippen molar-refractivity contribution in [2.24, 2.45) is 35.5 Å². The van der Waals surface area contributed by atoms with E-state index in [4.69, 9.17) is 0 Å². The summed E-state index contributed by atoms with van der Waals surface area (Å²) in [6.07, 6.45) is 2.64. The maximum Gasteiger partial charge on any atom is 0.139 e. The molecule has 0 saturated heterocycles. The molecule has 6 atom stereocenters. The highest BCUT2D eigenvalue weighted by molar-refractivity contribution is 5.94. The summed E-state index contributed by atoms with van der Waals surface area (Å²) in [5.74, 6) is 5.71. The van der Waals surface area contributed by atoms with Gasteiger partial charge in [0.2, 0.25) is 0 Å². The van der Waals surface area contributed by atoms with Gasteiger partial charge in [-0.2, -0.15) is 0 Å². The largest absolute Gasteiger partial charge is 0.299 e. The molecule has 10 heavy (non-hydrogen) atoms. The van der Waals surface area contributed by atoms with Gasteiger partial charge in [0.25, 0.3) is 0 Å². The number of ketones is 1. The third-order valence-corrected chi connectivity index (χ3v) is 4.54. The van der Waals surface area contributed by atoms with Crippen molar-refractivity contribution in [1.29, 1.82) is 0 Å². The lowest BCUT2D eigenvalue weighted by atomic mass is 9.51. The second kappa shape index (κ2) is 0.992. The van der Waals surface area contributed by atoms with Gasteiger partial charge in [0, 0.05) is 11.8 Å². The maximum atomic E-state index is 11.3. The Balaban J connectivity index is 1.90. The van der Waals surface area contributed by atoms with Crippen molar-refractivity contribution < 1.29 is 4.79 Å². The number of hydrogen-bond acceptors (Lipinski definition) is 1. The van der Waals surface area contributed by atoms with Crippen LogP contribution < -0.4 is 0 Å². The van der Waals surface area contributed by atoms with Gasteiger partial charge in [-0.25, -0.2) is 0 Å². The highest BCUT2D eigenvalue weighted by Crippen LogP contribution is 2.80. The third kappa shape index (κ3) is 0.228. The van der Waals surface area contributed by atoms with Crippen LogP contribution in [0.5, 0.6) is 0 Å². The molecule has 0 heterocycles. The van der Waals surface area contributed by atoms with E-state index in [2.05, 4.69) is 0 Å². The van der Waals surface area contributed by atoms with Gasteiger partial charge in [-0.15, -0.1) is 0 Å². The highest BCUT2D eigenvalue weighted by Gasteiger charge is 2.80.